The zero-order valence-electron chi connectivity index (χ0n) is 22.8. The van der Waals surface area contributed by atoms with Crippen LogP contribution in [-0.2, 0) is 17.6 Å². The fourth-order valence-corrected chi connectivity index (χ4v) is 5.76. The van der Waals surface area contributed by atoms with Crippen molar-refractivity contribution in [3.8, 4) is 11.3 Å². The molecule has 1 aliphatic heterocycles. The number of aliphatic hydroxyl groups is 1. The first kappa shape index (κ1) is 27.6. The molecule has 4 heterocycles. The molecule has 3 atom stereocenters. The van der Waals surface area contributed by atoms with Gasteiger partial charge in [0.25, 0.3) is 0 Å². The molecule has 0 bridgehead atoms. The number of hydrogen-bond acceptors (Lipinski definition) is 7. The number of aliphatic hydroxyl groups excluding tert-OH is 1. The second-order valence-electron chi connectivity index (χ2n) is 10.5. The van der Waals surface area contributed by atoms with E-state index in [0.29, 0.717) is 36.4 Å². The number of aromatic nitrogens is 4. The molecule has 3 N–H and O–H groups in total. The average Bonchev–Trinajstić information content (AvgIpc) is 3.30. The molecular formula is C29H33F2N7O2. The number of pyridine rings is 1. The predicted molar refractivity (Wildman–Crippen MR) is 148 cm³/mol. The Morgan fingerprint density at radius 3 is 2.60 bits per heavy atom. The Bertz CT molecular complexity index is 1510. The highest BCUT2D eigenvalue weighted by Crippen LogP contribution is 2.30. The summed E-state index contributed by atoms with van der Waals surface area (Å²) in [4.78, 5) is 24.8. The SMILES string of the molecule is CC(=O)N(C)[C@@H]1[C@H](N)CN(c2ccncc2Cc2ncc3ccc(-c4c(F)cc(CCO)cc4F)nn23)C[C@@H]1C. The van der Waals surface area contributed by atoms with Gasteiger partial charge >= 0.3 is 0 Å². The maximum absolute atomic E-state index is 14.9. The number of carbonyl (C=O) groups excluding carboxylic acids is 1. The zero-order valence-corrected chi connectivity index (χ0v) is 22.8. The van der Waals surface area contributed by atoms with Crippen LogP contribution in [0, 0.1) is 17.6 Å². The van der Waals surface area contributed by atoms with Crippen LogP contribution >= 0.6 is 0 Å². The molecule has 1 amide bonds. The van der Waals surface area contributed by atoms with Gasteiger partial charge < -0.3 is 20.6 Å². The number of nitrogens with zero attached hydrogens (tertiary/aromatic N) is 6. The quantitative estimate of drug-likeness (QED) is 0.365. The first-order chi connectivity index (χ1) is 19.2. The molecule has 0 spiro atoms. The molecule has 210 valence electrons. The number of nitrogens with two attached hydrogens (primary N) is 1. The van der Waals surface area contributed by atoms with Gasteiger partial charge in [-0.2, -0.15) is 5.10 Å². The first-order valence-corrected chi connectivity index (χ1v) is 13.3. The Morgan fingerprint density at radius 2 is 1.93 bits per heavy atom. The third-order valence-corrected chi connectivity index (χ3v) is 7.69. The highest BCUT2D eigenvalue weighted by Gasteiger charge is 2.36. The van der Waals surface area contributed by atoms with E-state index >= 15 is 0 Å². The number of carbonyl (C=O) groups is 1. The summed E-state index contributed by atoms with van der Waals surface area (Å²) in [7, 11) is 1.79. The second kappa shape index (κ2) is 11.3. The summed E-state index contributed by atoms with van der Waals surface area (Å²) < 4.78 is 31.4. The topological polar surface area (TPSA) is 113 Å². The minimum absolute atomic E-state index is 0.00994. The van der Waals surface area contributed by atoms with Gasteiger partial charge in [-0.3, -0.25) is 9.78 Å². The van der Waals surface area contributed by atoms with Crippen LogP contribution in [-0.4, -0.2) is 74.3 Å². The van der Waals surface area contributed by atoms with E-state index < -0.39 is 11.6 Å². The molecular weight excluding hydrogens is 516 g/mol. The Hall–Kier alpha value is -3.96. The molecule has 4 aromatic rings. The molecule has 1 saturated heterocycles. The van der Waals surface area contributed by atoms with Gasteiger partial charge in [-0.1, -0.05) is 6.92 Å². The molecule has 1 aromatic carbocycles. The molecule has 3 aromatic heterocycles. The number of benzene rings is 1. The molecule has 1 fully saturated rings. The number of likely N-dealkylation sites (N-methyl/N-ethyl adjacent to an activating group) is 1. The van der Waals surface area contributed by atoms with E-state index in [9.17, 15) is 13.6 Å². The van der Waals surface area contributed by atoms with Gasteiger partial charge in [-0.05, 0) is 48.2 Å². The standard InChI is InChI=1S/C29H33F2N7O2/c1-17-15-37(16-24(32)29(17)36(3)18(2)40)26-6-8-33-13-20(26)12-27-34-14-21-4-5-25(35-38(21)27)28-22(30)10-19(7-9-39)11-23(28)31/h4-6,8,10-11,13-14,17,24,29,39H,7,9,12,15-16,32H2,1-3H3/t17-,24+,29-/m0/s1. The Kier molecular flexibility index (Phi) is 7.77. The Morgan fingerprint density at radius 1 is 1.18 bits per heavy atom. The van der Waals surface area contributed by atoms with Crippen LogP contribution in [0.4, 0.5) is 14.5 Å². The first-order valence-electron chi connectivity index (χ1n) is 13.3. The van der Waals surface area contributed by atoms with Crippen LogP contribution in [0.1, 0.15) is 30.8 Å². The summed E-state index contributed by atoms with van der Waals surface area (Å²) in [5, 5.41) is 13.7. The maximum Gasteiger partial charge on any atom is 0.219 e. The van der Waals surface area contributed by atoms with Gasteiger partial charge in [0, 0.05) is 69.8 Å². The highest BCUT2D eigenvalue weighted by molar-refractivity contribution is 5.73. The smallest absolute Gasteiger partial charge is 0.219 e. The Balaban J connectivity index is 1.45. The monoisotopic (exact) mass is 549 g/mol. The van der Waals surface area contributed by atoms with Crippen LogP contribution in [0.5, 0.6) is 0 Å². The van der Waals surface area contributed by atoms with Gasteiger partial charge in [0.1, 0.15) is 17.5 Å². The number of rotatable bonds is 7. The predicted octanol–water partition coefficient (Wildman–Crippen LogP) is 2.83. The fraction of sp³-hybridized carbons (Fsp3) is 0.379. The lowest BCUT2D eigenvalue weighted by Crippen LogP contribution is -2.62. The Labute approximate surface area is 231 Å². The van der Waals surface area contributed by atoms with E-state index in [4.69, 9.17) is 10.8 Å². The molecule has 11 heteroatoms. The largest absolute Gasteiger partial charge is 0.396 e. The summed E-state index contributed by atoms with van der Waals surface area (Å²) in [6.07, 6.45) is 5.72. The minimum atomic E-state index is -0.740. The number of fused-ring (bicyclic) bond motifs is 1. The van der Waals surface area contributed by atoms with Crippen LogP contribution in [0.25, 0.3) is 16.8 Å². The lowest BCUT2D eigenvalue weighted by Gasteiger charge is -2.46. The van der Waals surface area contributed by atoms with E-state index in [1.807, 2.05) is 6.07 Å². The van der Waals surface area contributed by atoms with Crippen LogP contribution in [0.3, 0.4) is 0 Å². The molecule has 0 aliphatic carbocycles. The number of anilines is 1. The number of halogens is 2. The van der Waals surface area contributed by atoms with Gasteiger partial charge in [-0.15, -0.1) is 0 Å². The summed E-state index contributed by atoms with van der Waals surface area (Å²) in [5.41, 5.74) is 9.41. The van der Waals surface area contributed by atoms with E-state index in [1.165, 1.54) is 12.1 Å². The van der Waals surface area contributed by atoms with Crippen LogP contribution in [0.15, 0.2) is 48.9 Å². The highest BCUT2D eigenvalue weighted by atomic mass is 19.1. The van der Waals surface area contributed by atoms with Gasteiger partial charge in [-0.25, -0.2) is 18.3 Å². The molecule has 0 saturated carbocycles. The number of piperidine rings is 1. The molecule has 9 nitrogen and oxygen atoms in total. The van der Waals surface area contributed by atoms with Gasteiger partial charge in [0.15, 0.2) is 0 Å². The molecule has 40 heavy (non-hydrogen) atoms. The van der Waals surface area contributed by atoms with E-state index in [2.05, 4.69) is 26.9 Å². The van der Waals surface area contributed by atoms with Crippen molar-refractivity contribution in [3.05, 3.63) is 77.5 Å². The van der Waals surface area contributed by atoms with Crippen molar-refractivity contribution in [3.63, 3.8) is 0 Å². The molecule has 0 radical (unpaired) electrons. The van der Waals surface area contributed by atoms with E-state index in [-0.39, 0.29) is 48.2 Å². The molecule has 5 rings (SSSR count). The molecule has 0 unspecified atom stereocenters. The van der Waals surface area contributed by atoms with Crippen molar-refractivity contribution < 1.29 is 18.7 Å². The van der Waals surface area contributed by atoms with Crippen LogP contribution < -0.4 is 10.6 Å². The maximum atomic E-state index is 14.9. The normalized spacial score (nSPS) is 19.3. The van der Waals surface area contributed by atoms with Crippen molar-refractivity contribution >= 4 is 17.1 Å². The van der Waals surface area contributed by atoms with Crippen molar-refractivity contribution in [2.75, 3.05) is 31.6 Å². The summed E-state index contributed by atoms with van der Waals surface area (Å²) >= 11 is 0. The third-order valence-electron chi connectivity index (χ3n) is 7.69. The van der Waals surface area contributed by atoms with Crippen molar-refractivity contribution in [1.29, 1.82) is 0 Å². The fourth-order valence-electron chi connectivity index (χ4n) is 5.76. The van der Waals surface area contributed by atoms with Gasteiger partial charge in [0.2, 0.25) is 5.91 Å². The van der Waals surface area contributed by atoms with Crippen LogP contribution in [0.2, 0.25) is 0 Å². The lowest BCUT2D eigenvalue weighted by atomic mass is 9.88. The van der Waals surface area contributed by atoms with Crippen molar-refractivity contribution in [1.82, 2.24) is 24.5 Å². The van der Waals surface area contributed by atoms with Gasteiger partial charge in [0.05, 0.1) is 29.0 Å². The summed E-state index contributed by atoms with van der Waals surface area (Å²) in [6, 6.07) is 7.38. The lowest BCUT2D eigenvalue weighted by molar-refractivity contribution is -0.131. The van der Waals surface area contributed by atoms with E-state index in [0.717, 1.165) is 11.3 Å². The van der Waals surface area contributed by atoms with Crippen molar-refractivity contribution in [2.24, 2.45) is 11.7 Å². The summed E-state index contributed by atoms with van der Waals surface area (Å²) in [6.45, 7) is 4.73. The number of amides is 1. The second-order valence-corrected chi connectivity index (χ2v) is 10.5. The minimum Gasteiger partial charge on any atom is -0.396 e. The molecule has 1 aliphatic rings. The third kappa shape index (κ3) is 5.26. The summed E-state index contributed by atoms with van der Waals surface area (Å²) in [5.74, 6) is -0.757. The van der Waals surface area contributed by atoms with Crippen molar-refractivity contribution in [2.45, 2.75) is 38.8 Å². The van der Waals surface area contributed by atoms with E-state index in [1.54, 1.807) is 54.1 Å². The average molecular weight is 550 g/mol. The zero-order chi connectivity index (χ0) is 28.6. The number of imidazole rings is 1. The number of hydrogen-bond donors (Lipinski definition) is 2.